The van der Waals surface area contributed by atoms with Crippen LogP contribution in [0.4, 0.5) is 4.79 Å². The van der Waals surface area contributed by atoms with Gasteiger partial charge in [-0.1, -0.05) is 67.6 Å². The summed E-state index contributed by atoms with van der Waals surface area (Å²) in [6, 6.07) is 20.1. The number of amides is 2. The van der Waals surface area contributed by atoms with E-state index in [2.05, 4.69) is 22.9 Å². The number of hydrogen-bond acceptors (Lipinski definition) is 9. The van der Waals surface area contributed by atoms with E-state index in [1.807, 2.05) is 48.5 Å². The van der Waals surface area contributed by atoms with Crippen LogP contribution in [0.1, 0.15) is 61.5 Å². The van der Waals surface area contributed by atoms with Crippen molar-refractivity contribution >= 4 is 33.9 Å². The van der Waals surface area contributed by atoms with E-state index in [1.165, 1.54) is 14.0 Å². The molecule has 44 heavy (non-hydrogen) atoms. The standard InChI is InChI=1S/C33H38BrNO9/c1-4-25(41-19-23-12-7-5-8-13-23)20-40-17-11-16-28-26(34)18-29(44-28)30(43-22(2)36)31(39-3)32(37)35-27(21-42-33(35)38)24-14-9-6-10-15-24/h5-10,12-15,18,25,27,30-31H,4,11,16-17,19-21H2,1-3H3/t25-,27+,30+,31-/m0/s1. The molecule has 0 aliphatic carbocycles. The molecule has 4 atom stereocenters. The van der Waals surface area contributed by atoms with Gasteiger partial charge < -0.3 is 28.1 Å². The van der Waals surface area contributed by atoms with Crippen LogP contribution in [-0.4, -0.2) is 62.0 Å². The first kappa shape index (κ1) is 33.4. The Morgan fingerprint density at radius 3 is 2.45 bits per heavy atom. The van der Waals surface area contributed by atoms with Crippen LogP contribution in [0.5, 0.6) is 0 Å². The van der Waals surface area contributed by atoms with E-state index in [4.69, 9.17) is 28.1 Å². The number of carbonyl (C=O) groups is 3. The molecule has 2 aromatic carbocycles. The number of esters is 1. The van der Waals surface area contributed by atoms with Gasteiger partial charge in [0.1, 0.15) is 24.2 Å². The Labute approximate surface area is 265 Å². The molecule has 236 valence electrons. The molecule has 0 spiro atoms. The minimum absolute atomic E-state index is 0.0000729. The fraction of sp³-hybridized carbons (Fsp3) is 0.424. The fourth-order valence-electron chi connectivity index (χ4n) is 4.88. The van der Waals surface area contributed by atoms with Crippen LogP contribution in [0.2, 0.25) is 0 Å². The average molecular weight is 673 g/mol. The molecule has 0 radical (unpaired) electrons. The Bertz CT molecular complexity index is 1360. The highest BCUT2D eigenvalue weighted by atomic mass is 79.9. The van der Waals surface area contributed by atoms with Gasteiger partial charge in [0.05, 0.1) is 23.8 Å². The molecule has 3 aromatic rings. The van der Waals surface area contributed by atoms with Crippen LogP contribution in [0.25, 0.3) is 0 Å². The molecule has 1 fully saturated rings. The van der Waals surface area contributed by atoms with Crippen molar-refractivity contribution in [2.24, 2.45) is 0 Å². The van der Waals surface area contributed by atoms with E-state index in [0.29, 0.717) is 42.9 Å². The zero-order valence-corrected chi connectivity index (χ0v) is 26.7. The number of methoxy groups -OCH3 is 1. The van der Waals surface area contributed by atoms with Crippen LogP contribution < -0.4 is 0 Å². The molecule has 2 heterocycles. The number of nitrogens with zero attached hydrogens (tertiary/aromatic N) is 1. The highest BCUT2D eigenvalue weighted by molar-refractivity contribution is 9.10. The topological polar surface area (TPSA) is 114 Å². The van der Waals surface area contributed by atoms with Gasteiger partial charge in [0.2, 0.25) is 0 Å². The van der Waals surface area contributed by atoms with Gasteiger partial charge in [0, 0.05) is 27.1 Å². The smallest absolute Gasteiger partial charge is 0.417 e. The summed E-state index contributed by atoms with van der Waals surface area (Å²) in [5, 5.41) is 0. The molecule has 2 amide bonds. The Balaban J connectivity index is 1.37. The van der Waals surface area contributed by atoms with Gasteiger partial charge >= 0.3 is 12.1 Å². The van der Waals surface area contributed by atoms with E-state index < -0.39 is 36.2 Å². The SMILES string of the molecule is CC[C@@H](COCCCc1oc([C@@H](OC(C)=O)[C@H](OC)C(=O)N2C(=O)OC[C@@H]2c2ccccc2)cc1Br)OCc1ccccc1. The third-order valence-corrected chi connectivity index (χ3v) is 7.87. The Kier molecular flexibility index (Phi) is 12.5. The number of benzene rings is 2. The van der Waals surface area contributed by atoms with Gasteiger partial charge in [-0.25, -0.2) is 9.69 Å². The minimum Gasteiger partial charge on any atom is -0.461 e. The van der Waals surface area contributed by atoms with Crippen LogP contribution in [-0.2, 0) is 46.3 Å². The van der Waals surface area contributed by atoms with Crippen molar-refractivity contribution in [3.05, 3.63) is 93.9 Å². The number of imide groups is 1. The lowest BCUT2D eigenvalue weighted by molar-refractivity contribution is -0.164. The number of ether oxygens (including phenoxy) is 5. The molecule has 11 heteroatoms. The number of hydrogen-bond donors (Lipinski definition) is 0. The Morgan fingerprint density at radius 1 is 1.09 bits per heavy atom. The van der Waals surface area contributed by atoms with Gasteiger partial charge in [0.15, 0.2) is 12.2 Å². The third-order valence-electron chi connectivity index (χ3n) is 7.20. The third kappa shape index (κ3) is 8.78. The van der Waals surface area contributed by atoms with Gasteiger partial charge in [0.25, 0.3) is 5.91 Å². The van der Waals surface area contributed by atoms with Crippen molar-refractivity contribution in [2.75, 3.05) is 26.9 Å². The summed E-state index contributed by atoms with van der Waals surface area (Å²) in [5.41, 5.74) is 1.84. The van der Waals surface area contributed by atoms with E-state index in [0.717, 1.165) is 22.4 Å². The van der Waals surface area contributed by atoms with Crippen LogP contribution >= 0.6 is 15.9 Å². The minimum atomic E-state index is -1.37. The molecule has 1 aliphatic rings. The fourth-order valence-corrected chi connectivity index (χ4v) is 5.39. The first-order chi connectivity index (χ1) is 21.3. The number of halogens is 1. The van der Waals surface area contributed by atoms with Crippen molar-refractivity contribution in [3.8, 4) is 0 Å². The molecular weight excluding hydrogens is 634 g/mol. The van der Waals surface area contributed by atoms with Crippen molar-refractivity contribution in [2.45, 2.75) is 64.1 Å². The second kappa shape index (κ2) is 16.5. The van der Waals surface area contributed by atoms with E-state index in [-0.39, 0.29) is 18.5 Å². The molecule has 1 saturated heterocycles. The lowest BCUT2D eigenvalue weighted by Gasteiger charge is -2.28. The second-order valence-electron chi connectivity index (χ2n) is 10.3. The lowest BCUT2D eigenvalue weighted by atomic mass is 10.0. The molecule has 0 N–H and O–H groups in total. The van der Waals surface area contributed by atoms with Crippen LogP contribution in [0.3, 0.4) is 0 Å². The summed E-state index contributed by atoms with van der Waals surface area (Å²) < 4.78 is 34.9. The number of carbonyl (C=O) groups excluding carboxylic acids is 3. The van der Waals surface area contributed by atoms with Gasteiger partial charge in [-0.2, -0.15) is 0 Å². The van der Waals surface area contributed by atoms with Gasteiger partial charge in [-0.3, -0.25) is 9.59 Å². The first-order valence-electron chi connectivity index (χ1n) is 14.6. The van der Waals surface area contributed by atoms with Crippen molar-refractivity contribution in [3.63, 3.8) is 0 Å². The van der Waals surface area contributed by atoms with Gasteiger partial charge in [-0.15, -0.1) is 0 Å². The molecule has 10 nitrogen and oxygen atoms in total. The quantitative estimate of drug-likeness (QED) is 0.127. The maximum Gasteiger partial charge on any atom is 0.417 e. The van der Waals surface area contributed by atoms with Crippen molar-refractivity contribution < 1.29 is 42.5 Å². The largest absolute Gasteiger partial charge is 0.461 e. The molecule has 1 aliphatic heterocycles. The predicted molar refractivity (Wildman–Crippen MR) is 164 cm³/mol. The van der Waals surface area contributed by atoms with Crippen molar-refractivity contribution in [1.82, 2.24) is 4.90 Å². The number of aryl methyl sites for hydroxylation is 1. The zero-order chi connectivity index (χ0) is 31.5. The van der Waals surface area contributed by atoms with Crippen LogP contribution in [0, 0.1) is 0 Å². The molecule has 4 rings (SSSR count). The lowest BCUT2D eigenvalue weighted by Crippen LogP contribution is -2.45. The molecule has 1 aromatic heterocycles. The first-order valence-corrected chi connectivity index (χ1v) is 15.4. The highest BCUT2D eigenvalue weighted by Crippen LogP contribution is 2.35. The van der Waals surface area contributed by atoms with E-state index >= 15 is 0 Å². The Morgan fingerprint density at radius 2 is 1.80 bits per heavy atom. The van der Waals surface area contributed by atoms with Crippen LogP contribution in [0.15, 0.2) is 75.6 Å². The number of rotatable bonds is 16. The maximum atomic E-state index is 13.7. The second-order valence-corrected chi connectivity index (χ2v) is 11.2. The summed E-state index contributed by atoms with van der Waals surface area (Å²) >= 11 is 3.52. The monoisotopic (exact) mass is 671 g/mol. The molecule has 0 unspecified atom stereocenters. The summed E-state index contributed by atoms with van der Waals surface area (Å²) in [7, 11) is 1.31. The normalized spacial score (nSPS) is 16.8. The average Bonchev–Trinajstić information content (AvgIpc) is 3.60. The van der Waals surface area contributed by atoms with Gasteiger partial charge in [-0.05, 0) is 46.0 Å². The number of furan rings is 1. The molecule has 0 saturated carbocycles. The summed E-state index contributed by atoms with van der Waals surface area (Å²) in [4.78, 5) is 39.5. The summed E-state index contributed by atoms with van der Waals surface area (Å²) in [6.07, 6.45) is -1.42. The predicted octanol–water partition coefficient (Wildman–Crippen LogP) is 6.33. The highest BCUT2D eigenvalue weighted by Gasteiger charge is 2.46. The van der Waals surface area contributed by atoms with E-state index in [9.17, 15) is 14.4 Å². The zero-order valence-electron chi connectivity index (χ0n) is 25.1. The Hall–Kier alpha value is -3.51. The number of cyclic esters (lactones) is 1. The van der Waals surface area contributed by atoms with E-state index in [1.54, 1.807) is 18.2 Å². The maximum absolute atomic E-state index is 13.7. The summed E-state index contributed by atoms with van der Waals surface area (Å²) in [6.45, 7) is 4.78. The molecule has 0 bridgehead atoms. The summed E-state index contributed by atoms with van der Waals surface area (Å²) in [5.74, 6) is -0.557. The molecular formula is C33H38BrNO9. The van der Waals surface area contributed by atoms with Crippen molar-refractivity contribution in [1.29, 1.82) is 0 Å².